The number of fused-ring (bicyclic) bond motifs is 1. The van der Waals surface area contributed by atoms with Gasteiger partial charge in [-0.05, 0) is 42.8 Å². The summed E-state index contributed by atoms with van der Waals surface area (Å²) in [5.74, 6) is 0. The fourth-order valence-corrected chi connectivity index (χ4v) is 3.08. The highest BCUT2D eigenvalue weighted by Gasteiger charge is 2.57. The maximum atomic E-state index is 13.6. The van der Waals surface area contributed by atoms with Crippen molar-refractivity contribution in [2.75, 3.05) is 0 Å². The summed E-state index contributed by atoms with van der Waals surface area (Å²) in [5.41, 5.74) is 0.236. The number of hydrogen-bond acceptors (Lipinski definition) is 2. The van der Waals surface area contributed by atoms with E-state index in [0.717, 1.165) is 5.56 Å². The Kier molecular flexibility index (Phi) is 4.94. The highest BCUT2D eigenvalue weighted by atomic mass is 32.2. The number of thioether (sulfide) groups is 1. The van der Waals surface area contributed by atoms with Crippen LogP contribution in [0.3, 0.4) is 0 Å². The van der Waals surface area contributed by atoms with Gasteiger partial charge in [0.2, 0.25) is 5.43 Å². The second-order valence-electron chi connectivity index (χ2n) is 5.21. The lowest BCUT2D eigenvalue weighted by molar-refractivity contribution is -0.219. The molecule has 1 aromatic carbocycles. The number of aromatic nitrogens is 1. The van der Waals surface area contributed by atoms with Gasteiger partial charge >= 0.3 is 11.4 Å². The van der Waals surface area contributed by atoms with Gasteiger partial charge in [-0.2, -0.15) is 22.0 Å². The molecule has 24 heavy (non-hydrogen) atoms. The Morgan fingerprint density at radius 2 is 1.83 bits per heavy atom. The highest BCUT2D eigenvalue weighted by molar-refractivity contribution is 8.00. The van der Waals surface area contributed by atoms with Crippen molar-refractivity contribution in [3.8, 4) is 0 Å². The van der Waals surface area contributed by atoms with Crippen LogP contribution < -0.4 is 5.43 Å². The molecule has 0 radical (unpaired) electrons. The molecule has 0 spiro atoms. The number of alkyl halides is 6. The minimum absolute atomic E-state index is 0.0456. The lowest BCUT2D eigenvalue weighted by Crippen LogP contribution is -2.39. The summed E-state index contributed by atoms with van der Waals surface area (Å²) in [4.78, 5) is 14.5. The van der Waals surface area contributed by atoms with Crippen molar-refractivity contribution < 1.29 is 26.3 Å². The van der Waals surface area contributed by atoms with Gasteiger partial charge in [-0.3, -0.25) is 4.79 Å². The lowest BCUT2D eigenvalue weighted by atomic mass is 10.1. The van der Waals surface area contributed by atoms with Crippen molar-refractivity contribution in [2.24, 2.45) is 0 Å². The molecule has 0 bridgehead atoms. The molecule has 1 aromatic heterocycles. The Hall–Kier alpha value is -1.64. The Morgan fingerprint density at radius 1 is 1.21 bits per heavy atom. The van der Waals surface area contributed by atoms with E-state index in [1.54, 1.807) is 12.1 Å². The molecule has 2 aromatic rings. The fourth-order valence-electron chi connectivity index (χ4n) is 2.16. The van der Waals surface area contributed by atoms with E-state index in [2.05, 4.69) is 4.98 Å². The third-order valence-corrected chi connectivity index (χ3v) is 4.60. The first kappa shape index (κ1) is 18.7. The van der Waals surface area contributed by atoms with Gasteiger partial charge in [0.25, 0.3) is 6.17 Å². The molecule has 1 N–H and O–H groups in total. The van der Waals surface area contributed by atoms with Crippen LogP contribution in [-0.4, -0.2) is 22.6 Å². The standard InChI is InChI=1S/C15H13F6NOS/c1-3-8-4-5-10-9(6-8)11(23)12(7(2)22-10)24-15(20,21)13(16)14(17,18)19/h4-6,13H,3H2,1-2H3,(H,22,23)/t13-/m0/s1. The molecule has 2 nitrogen and oxygen atoms in total. The number of aryl methyl sites for hydroxylation is 2. The van der Waals surface area contributed by atoms with Gasteiger partial charge in [0.05, 0.1) is 4.90 Å². The van der Waals surface area contributed by atoms with E-state index < -0.39 is 39.7 Å². The summed E-state index contributed by atoms with van der Waals surface area (Å²) in [6, 6.07) is 4.80. The second kappa shape index (κ2) is 6.34. The Labute approximate surface area is 137 Å². The van der Waals surface area contributed by atoms with E-state index >= 15 is 0 Å². The van der Waals surface area contributed by atoms with Gasteiger partial charge in [0.15, 0.2) is 0 Å². The van der Waals surface area contributed by atoms with Crippen molar-refractivity contribution in [3.05, 3.63) is 39.7 Å². The summed E-state index contributed by atoms with van der Waals surface area (Å²) in [7, 11) is 0. The Bertz CT molecular complexity index is 814. The van der Waals surface area contributed by atoms with Crippen molar-refractivity contribution in [2.45, 2.75) is 42.8 Å². The average Bonchev–Trinajstić information content (AvgIpc) is 2.49. The van der Waals surface area contributed by atoms with Crippen LogP contribution in [0.2, 0.25) is 0 Å². The third-order valence-electron chi connectivity index (χ3n) is 3.43. The van der Waals surface area contributed by atoms with Crippen molar-refractivity contribution in [3.63, 3.8) is 0 Å². The van der Waals surface area contributed by atoms with E-state index in [9.17, 15) is 31.1 Å². The SMILES string of the molecule is CCc1ccc2[nH]c(C)c(SC(F)(F)[C@@H](F)C(F)(F)F)c(=O)c2c1. The van der Waals surface area contributed by atoms with E-state index in [1.165, 1.54) is 13.0 Å². The number of rotatable bonds is 4. The third kappa shape index (κ3) is 3.55. The first-order chi connectivity index (χ1) is 11.0. The van der Waals surface area contributed by atoms with Crippen LogP contribution in [0.4, 0.5) is 26.3 Å². The van der Waals surface area contributed by atoms with Gasteiger partial charge in [-0.15, -0.1) is 0 Å². The van der Waals surface area contributed by atoms with Crippen LogP contribution in [0.25, 0.3) is 10.9 Å². The largest absolute Gasteiger partial charge is 0.426 e. The van der Waals surface area contributed by atoms with Gasteiger partial charge in [-0.1, -0.05) is 13.0 Å². The first-order valence-corrected chi connectivity index (χ1v) is 7.72. The smallest absolute Gasteiger partial charge is 0.357 e. The van der Waals surface area contributed by atoms with Crippen molar-refractivity contribution in [1.82, 2.24) is 4.98 Å². The quantitative estimate of drug-likeness (QED) is 0.609. The van der Waals surface area contributed by atoms with Crippen LogP contribution >= 0.6 is 11.8 Å². The van der Waals surface area contributed by atoms with Gasteiger partial charge in [0.1, 0.15) is 0 Å². The predicted octanol–water partition coefficient (Wildman–Crippen LogP) is 4.98. The van der Waals surface area contributed by atoms with Gasteiger partial charge in [0, 0.05) is 16.6 Å². The summed E-state index contributed by atoms with van der Waals surface area (Å²) in [5, 5.41) is -4.74. The number of nitrogens with one attached hydrogen (secondary N) is 1. The number of pyridine rings is 1. The van der Waals surface area contributed by atoms with Crippen LogP contribution in [0.1, 0.15) is 18.2 Å². The number of benzene rings is 1. The Balaban J connectivity index is 2.54. The van der Waals surface area contributed by atoms with Crippen LogP contribution in [0, 0.1) is 6.92 Å². The van der Waals surface area contributed by atoms with Crippen LogP contribution in [0.5, 0.6) is 0 Å². The lowest BCUT2D eigenvalue weighted by Gasteiger charge is -2.22. The molecule has 132 valence electrons. The molecule has 0 aliphatic rings. The topological polar surface area (TPSA) is 32.9 Å². The maximum absolute atomic E-state index is 13.6. The van der Waals surface area contributed by atoms with Crippen molar-refractivity contribution in [1.29, 1.82) is 0 Å². The van der Waals surface area contributed by atoms with E-state index in [4.69, 9.17) is 0 Å². The molecule has 0 aliphatic heterocycles. The van der Waals surface area contributed by atoms with E-state index in [-0.39, 0.29) is 11.1 Å². The summed E-state index contributed by atoms with van der Waals surface area (Å²) >= 11 is -0.710. The molecule has 0 unspecified atom stereocenters. The zero-order valence-electron chi connectivity index (χ0n) is 12.6. The van der Waals surface area contributed by atoms with E-state index in [0.29, 0.717) is 11.9 Å². The number of hydrogen-bond donors (Lipinski definition) is 1. The fraction of sp³-hybridized carbons (Fsp3) is 0.400. The van der Waals surface area contributed by atoms with Crippen LogP contribution in [0.15, 0.2) is 27.9 Å². The van der Waals surface area contributed by atoms with Gasteiger partial charge < -0.3 is 4.98 Å². The number of aromatic amines is 1. The molecule has 0 amide bonds. The summed E-state index contributed by atoms with van der Waals surface area (Å²) < 4.78 is 77.0. The molecule has 0 aliphatic carbocycles. The minimum atomic E-state index is -5.72. The highest BCUT2D eigenvalue weighted by Crippen LogP contribution is 2.45. The Morgan fingerprint density at radius 3 is 2.38 bits per heavy atom. The molecule has 0 saturated carbocycles. The molecule has 1 heterocycles. The normalized spacial score (nSPS) is 14.2. The monoisotopic (exact) mass is 369 g/mol. The zero-order chi connectivity index (χ0) is 18.3. The predicted molar refractivity (Wildman–Crippen MR) is 80.4 cm³/mol. The summed E-state index contributed by atoms with van der Waals surface area (Å²) in [6.07, 6.45) is -9.50. The minimum Gasteiger partial charge on any atom is -0.357 e. The molecule has 9 heteroatoms. The van der Waals surface area contributed by atoms with Crippen molar-refractivity contribution >= 4 is 22.7 Å². The van der Waals surface area contributed by atoms with Gasteiger partial charge in [-0.25, -0.2) is 4.39 Å². The zero-order valence-corrected chi connectivity index (χ0v) is 13.4. The number of halogens is 6. The first-order valence-electron chi connectivity index (χ1n) is 6.90. The molecule has 0 fully saturated rings. The average molecular weight is 369 g/mol. The molecule has 2 rings (SSSR count). The molecule has 0 saturated heterocycles. The number of H-pyrrole nitrogens is 1. The molecular weight excluding hydrogens is 356 g/mol. The molecular formula is C15H13F6NOS. The molecule has 1 atom stereocenters. The summed E-state index contributed by atoms with van der Waals surface area (Å²) in [6.45, 7) is 3.10. The maximum Gasteiger partial charge on any atom is 0.426 e. The van der Waals surface area contributed by atoms with Crippen LogP contribution in [-0.2, 0) is 6.42 Å². The second-order valence-corrected chi connectivity index (χ2v) is 6.37. The van der Waals surface area contributed by atoms with E-state index in [1.807, 2.05) is 6.92 Å².